The Balaban J connectivity index is 1.65. The van der Waals surface area contributed by atoms with E-state index in [0.29, 0.717) is 21.5 Å². The van der Waals surface area contributed by atoms with Crippen LogP contribution in [0.1, 0.15) is 39.7 Å². The molecule has 1 aromatic carbocycles. The molecule has 0 saturated heterocycles. The zero-order valence-electron chi connectivity index (χ0n) is 14.7. The lowest BCUT2D eigenvalue weighted by molar-refractivity contribution is -0.119. The van der Waals surface area contributed by atoms with Crippen LogP contribution < -0.4 is 11.1 Å². The van der Waals surface area contributed by atoms with E-state index in [0.717, 1.165) is 29.7 Å². The van der Waals surface area contributed by atoms with Crippen LogP contribution in [0.2, 0.25) is 5.02 Å². The van der Waals surface area contributed by atoms with Gasteiger partial charge in [0, 0.05) is 15.6 Å². The van der Waals surface area contributed by atoms with E-state index in [4.69, 9.17) is 22.1 Å². The quantitative estimate of drug-likeness (QED) is 0.597. The molecule has 0 aliphatic heterocycles. The van der Waals surface area contributed by atoms with Gasteiger partial charge in [0.15, 0.2) is 6.61 Å². The largest absolute Gasteiger partial charge is 0.452 e. The first-order chi connectivity index (χ1) is 12.9. The number of nitriles is 1. The Bertz CT molecular complexity index is 948. The highest BCUT2D eigenvalue weighted by molar-refractivity contribution is 7.16. The number of rotatable bonds is 4. The Morgan fingerprint density at radius 3 is 2.96 bits per heavy atom. The van der Waals surface area contributed by atoms with Crippen molar-refractivity contribution in [3.05, 3.63) is 44.8 Å². The zero-order chi connectivity index (χ0) is 19.6. The Hall–Kier alpha value is -2.56. The zero-order valence-corrected chi connectivity index (χ0v) is 16.2. The lowest BCUT2D eigenvalue weighted by atomic mass is 9.89. The molecule has 0 bridgehead atoms. The van der Waals surface area contributed by atoms with E-state index in [1.807, 2.05) is 0 Å². The van der Waals surface area contributed by atoms with Gasteiger partial charge in [-0.2, -0.15) is 5.26 Å². The second kappa shape index (κ2) is 7.99. The lowest BCUT2D eigenvalue weighted by Gasteiger charge is -2.17. The third-order valence-corrected chi connectivity index (χ3v) is 5.85. The number of nitrogens with one attached hydrogen (secondary N) is 1. The van der Waals surface area contributed by atoms with Crippen molar-refractivity contribution in [2.75, 3.05) is 17.7 Å². The van der Waals surface area contributed by atoms with Crippen LogP contribution in [0.4, 0.5) is 10.7 Å². The highest BCUT2D eigenvalue weighted by Gasteiger charge is 2.25. The smallest absolute Gasteiger partial charge is 0.340 e. The molecule has 8 heteroatoms. The van der Waals surface area contributed by atoms with Crippen molar-refractivity contribution in [3.8, 4) is 6.07 Å². The molecule has 140 valence electrons. The Morgan fingerprint density at radius 1 is 1.48 bits per heavy atom. The van der Waals surface area contributed by atoms with Gasteiger partial charge in [-0.1, -0.05) is 18.5 Å². The minimum absolute atomic E-state index is 0.144. The molecule has 3 rings (SSSR count). The number of nitrogen functional groups attached to an aromatic ring is 1. The topological polar surface area (TPSA) is 105 Å². The molecule has 1 aliphatic carbocycles. The molecule has 1 heterocycles. The third kappa shape index (κ3) is 4.24. The summed E-state index contributed by atoms with van der Waals surface area (Å²) in [4.78, 5) is 25.4. The SMILES string of the molecule is C[C@H]1CCc2c(sc(NC(=O)COC(=O)c3ccc(Cl)cc3N)c2C#N)C1. The average molecular weight is 404 g/mol. The third-order valence-electron chi connectivity index (χ3n) is 4.44. The van der Waals surface area contributed by atoms with Crippen molar-refractivity contribution in [2.24, 2.45) is 5.92 Å². The normalized spacial score (nSPS) is 15.5. The molecule has 3 N–H and O–H groups in total. The number of halogens is 1. The van der Waals surface area contributed by atoms with Gasteiger partial charge < -0.3 is 15.8 Å². The highest BCUT2D eigenvalue weighted by atomic mass is 35.5. The van der Waals surface area contributed by atoms with Gasteiger partial charge in [0.2, 0.25) is 0 Å². The fourth-order valence-corrected chi connectivity index (χ4v) is 4.61. The number of thiophene rings is 1. The molecule has 0 unspecified atom stereocenters. The molecular formula is C19H18ClN3O3S. The minimum atomic E-state index is -0.709. The fraction of sp³-hybridized carbons (Fsp3) is 0.316. The van der Waals surface area contributed by atoms with Crippen LogP contribution in [-0.4, -0.2) is 18.5 Å². The summed E-state index contributed by atoms with van der Waals surface area (Å²) in [5.41, 5.74) is 7.61. The van der Waals surface area contributed by atoms with Gasteiger partial charge in [0.1, 0.15) is 11.1 Å². The molecule has 1 amide bonds. The molecule has 2 aromatic rings. The number of esters is 1. The van der Waals surface area contributed by atoms with Crippen molar-refractivity contribution < 1.29 is 14.3 Å². The maximum atomic E-state index is 12.2. The second-order valence-electron chi connectivity index (χ2n) is 6.52. The average Bonchev–Trinajstić information content (AvgIpc) is 2.95. The van der Waals surface area contributed by atoms with Crippen LogP contribution in [0, 0.1) is 17.2 Å². The first-order valence-corrected chi connectivity index (χ1v) is 9.65. The van der Waals surface area contributed by atoms with E-state index < -0.39 is 18.5 Å². The number of carbonyl (C=O) groups excluding carboxylic acids is 2. The molecule has 1 aliphatic rings. The maximum Gasteiger partial charge on any atom is 0.340 e. The molecule has 1 atom stereocenters. The summed E-state index contributed by atoms with van der Waals surface area (Å²) in [5.74, 6) is -0.643. The monoisotopic (exact) mass is 403 g/mol. The van der Waals surface area contributed by atoms with Crippen molar-refractivity contribution in [1.29, 1.82) is 5.26 Å². The van der Waals surface area contributed by atoms with Crippen molar-refractivity contribution >= 4 is 45.5 Å². The van der Waals surface area contributed by atoms with Gasteiger partial charge in [0.05, 0.1) is 11.1 Å². The first kappa shape index (κ1) is 19.2. The van der Waals surface area contributed by atoms with E-state index in [2.05, 4.69) is 18.3 Å². The molecular weight excluding hydrogens is 386 g/mol. The molecule has 27 heavy (non-hydrogen) atoms. The van der Waals surface area contributed by atoms with Crippen LogP contribution in [0.5, 0.6) is 0 Å². The summed E-state index contributed by atoms with van der Waals surface area (Å²) in [5, 5.41) is 13.1. The van der Waals surface area contributed by atoms with Crippen LogP contribution in [0.15, 0.2) is 18.2 Å². The molecule has 0 spiro atoms. The van der Waals surface area contributed by atoms with Crippen LogP contribution in [-0.2, 0) is 22.4 Å². The van der Waals surface area contributed by atoms with Crippen LogP contribution >= 0.6 is 22.9 Å². The van der Waals surface area contributed by atoms with E-state index in [-0.39, 0.29) is 11.3 Å². The molecule has 0 fully saturated rings. The van der Waals surface area contributed by atoms with E-state index in [9.17, 15) is 14.9 Å². The van der Waals surface area contributed by atoms with E-state index in [1.54, 1.807) is 0 Å². The maximum absolute atomic E-state index is 12.2. The molecule has 6 nitrogen and oxygen atoms in total. The molecule has 1 aromatic heterocycles. The highest BCUT2D eigenvalue weighted by Crippen LogP contribution is 2.39. The second-order valence-corrected chi connectivity index (χ2v) is 8.07. The van der Waals surface area contributed by atoms with Gasteiger partial charge in [-0.25, -0.2) is 4.79 Å². The summed E-state index contributed by atoms with van der Waals surface area (Å²) in [6, 6.07) is 6.59. The lowest BCUT2D eigenvalue weighted by Crippen LogP contribution is -2.21. The predicted octanol–water partition coefficient (Wildman–Crippen LogP) is 3.78. The number of hydrogen-bond acceptors (Lipinski definition) is 6. The molecule has 0 radical (unpaired) electrons. The fourth-order valence-electron chi connectivity index (χ4n) is 3.05. The summed E-state index contributed by atoms with van der Waals surface area (Å²) in [6.07, 6.45) is 2.79. The van der Waals surface area contributed by atoms with Gasteiger partial charge in [0.25, 0.3) is 5.91 Å². The number of fused-ring (bicyclic) bond motifs is 1. The van der Waals surface area contributed by atoms with Crippen molar-refractivity contribution in [1.82, 2.24) is 0 Å². The first-order valence-electron chi connectivity index (χ1n) is 8.45. The summed E-state index contributed by atoms with van der Waals surface area (Å²) < 4.78 is 5.02. The Morgan fingerprint density at radius 2 is 2.26 bits per heavy atom. The van der Waals surface area contributed by atoms with Crippen LogP contribution in [0.25, 0.3) is 0 Å². The summed E-state index contributed by atoms with van der Waals surface area (Å²) in [7, 11) is 0. The Kier molecular flexibility index (Phi) is 5.68. The standard InChI is InChI=1S/C19H18ClN3O3S/c1-10-2-4-12-14(8-21)18(27-16(12)6-10)23-17(24)9-26-19(25)13-5-3-11(20)7-15(13)22/h3,5,7,10H,2,4,6,9,22H2,1H3,(H,23,24)/t10-/m0/s1. The summed E-state index contributed by atoms with van der Waals surface area (Å²) in [6.45, 7) is 1.71. The minimum Gasteiger partial charge on any atom is -0.452 e. The molecule has 0 saturated carbocycles. The number of nitrogens with two attached hydrogens (primary N) is 1. The van der Waals surface area contributed by atoms with Gasteiger partial charge in [-0.15, -0.1) is 11.3 Å². The Labute approximate surface area is 165 Å². The number of carbonyl (C=O) groups is 2. The van der Waals surface area contributed by atoms with Crippen LogP contribution in [0.3, 0.4) is 0 Å². The van der Waals surface area contributed by atoms with Crippen molar-refractivity contribution in [3.63, 3.8) is 0 Å². The number of hydrogen-bond donors (Lipinski definition) is 2. The van der Waals surface area contributed by atoms with E-state index >= 15 is 0 Å². The van der Waals surface area contributed by atoms with E-state index in [1.165, 1.54) is 29.5 Å². The number of amides is 1. The van der Waals surface area contributed by atoms with Gasteiger partial charge in [-0.05, 0) is 48.9 Å². The van der Waals surface area contributed by atoms with Gasteiger partial charge in [-0.3, -0.25) is 4.79 Å². The number of nitrogens with zero attached hydrogens (tertiary/aromatic N) is 1. The number of anilines is 2. The van der Waals surface area contributed by atoms with Gasteiger partial charge >= 0.3 is 5.97 Å². The van der Waals surface area contributed by atoms with Crippen molar-refractivity contribution in [2.45, 2.75) is 26.2 Å². The summed E-state index contributed by atoms with van der Waals surface area (Å²) >= 11 is 7.22. The number of ether oxygens (including phenoxy) is 1. The predicted molar refractivity (Wildman–Crippen MR) is 105 cm³/mol. The number of benzene rings is 1.